The van der Waals surface area contributed by atoms with Crippen LogP contribution >= 0.6 is 21.6 Å². The van der Waals surface area contributed by atoms with Gasteiger partial charge in [0.05, 0.1) is 12.5 Å². The summed E-state index contributed by atoms with van der Waals surface area (Å²) in [4.78, 5) is 0. The first-order valence-electron chi connectivity index (χ1n) is 7.47. The lowest BCUT2D eigenvalue weighted by Gasteiger charge is -2.12. The number of aliphatic hydroxyl groups excluding tert-OH is 2. The molecule has 20 heavy (non-hydrogen) atoms. The first kappa shape index (κ1) is 21.0. The minimum absolute atomic E-state index is 0.260. The highest BCUT2D eigenvalue weighted by atomic mass is 33.1. The highest BCUT2D eigenvalue weighted by Gasteiger charge is 2.10. The molecule has 0 heterocycles. The van der Waals surface area contributed by atoms with Crippen LogP contribution in [0.2, 0.25) is 12.1 Å². The van der Waals surface area contributed by atoms with Crippen molar-refractivity contribution in [2.45, 2.75) is 38.8 Å². The van der Waals surface area contributed by atoms with E-state index in [1.807, 2.05) is 35.4 Å². The van der Waals surface area contributed by atoms with Crippen molar-refractivity contribution >= 4 is 39.7 Å². The summed E-state index contributed by atoms with van der Waals surface area (Å²) in [5.41, 5.74) is 0. The molecule has 122 valence electrons. The highest BCUT2D eigenvalue weighted by molar-refractivity contribution is 8.76. The van der Waals surface area contributed by atoms with Crippen LogP contribution in [-0.4, -0.2) is 65.5 Å². The fourth-order valence-corrected chi connectivity index (χ4v) is 7.77. The van der Waals surface area contributed by atoms with Gasteiger partial charge in [-0.25, -0.2) is 0 Å². The molecule has 0 aromatic carbocycles. The molecule has 0 saturated heterocycles. The van der Waals surface area contributed by atoms with E-state index in [-0.39, 0.29) is 12.5 Å². The fraction of sp³-hybridized carbons (Fsp3) is 1.00. The van der Waals surface area contributed by atoms with Gasteiger partial charge in [-0.2, -0.15) is 0 Å². The molecule has 0 amide bonds. The Morgan fingerprint density at radius 3 is 1.50 bits per heavy atom. The quantitative estimate of drug-likeness (QED) is 0.264. The Morgan fingerprint density at radius 2 is 1.20 bits per heavy atom. The molecule has 0 aliphatic heterocycles. The average Bonchev–Trinajstić information content (AvgIpc) is 2.47. The Bertz CT molecular complexity index is 184. The molecule has 0 spiro atoms. The minimum atomic E-state index is -1.31. The Kier molecular flexibility index (Phi) is 17.1. The molecule has 0 rings (SSSR count). The van der Waals surface area contributed by atoms with E-state index in [0.29, 0.717) is 0 Å². The standard InChI is InChI=1S/C12H30O4S2Si2/c1-3-15-19(11-13)9-5-7-17-18-8-6-10-20(12-14)16-4-2/h13-14,19-20H,3-12H2,1-2H3. The third kappa shape index (κ3) is 12.7. The summed E-state index contributed by atoms with van der Waals surface area (Å²) in [5.74, 6) is 2.26. The fourth-order valence-electron chi connectivity index (χ4n) is 1.78. The number of rotatable bonds is 15. The van der Waals surface area contributed by atoms with Gasteiger partial charge in [-0.1, -0.05) is 21.6 Å². The summed E-state index contributed by atoms with van der Waals surface area (Å²) in [6.45, 7) is 5.45. The lowest BCUT2D eigenvalue weighted by Crippen LogP contribution is -2.23. The molecule has 0 aliphatic rings. The van der Waals surface area contributed by atoms with Gasteiger partial charge in [0.2, 0.25) is 18.1 Å². The van der Waals surface area contributed by atoms with Crippen LogP contribution < -0.4 is 0 Å². The predicted octanol–water partition coefficient (Wildman–Crippen LogP) is 1.73. The normalized spacial score (nSPS) is 14.4. The van der Waals surface area contributed by atoms with E-state index in [9.17, 15) is 0 Å². The lowest BCUT2D eigenvalue weighted by atomic mass is 10.6. The molecule has 0 aliphatic carbocycles. The van der Waals surface area contributed by atoms with Crippen LogP contribution in [0.5, 0.6) is 0 Å². The van der Waals surface area contributed by atoms with Crippen molar-refractivity contribution in [2.24, 2.45) is 0 Å². The van der Waals surface area contributed by atoms with Crippen LogP contribution in [0, 0.1) is 0 Å². The zero-order chi connectivity index (χ0) is 15.1. The first-order valence-corrected chi connectivity index (χ1v) is 14.2. The molecule has 0 radical (unpaired) electrons. The van der Waals surface area contributed by atoms with Crippen molar-refractivity contribution in [1.82, 2.24) is 0 Å². The van der Waals surface area contributed by atoms with Gasteiger partial charge < -0.3 is 19.1 Å². The molecule has 0 saturated carbocycles. The van der Waals surface area contributed by atoms with Crippen LogP contribution in [0.15, 0.2) is 0 Å². The summed E-state index contributed by atoms with van der Waals surface area (Å²) in [5, 5.41) is 18.3. The van der Waals surface area contributed by atoms with E-state index < -0.39 is 18.1 Å². The van der Waals surface area contributed by atoms with Crippen molar-refractivity contribution in [2.75, 3.05) is 37.2 Å². The molecule has 2 N–H and O–H groups in total. The van der Waals surface area contributed by atoms with E-state index >= 15 is 0 Å². The zero-order valence-corrected chi connectivity index (χ0v) is 16.7. The Balaban J connectivity index is 3.31. The van der Waals surface area contributed by atoms with Crippen LogP contribution in [0.4, 0.5) is 0 Å². The second-order valence-electron chi connectivity index (χ2n) is 4.45. The van der Waals surface area contributed by atoms with Crippen LogP contribution in [0.1, 0.15) is 26.7 Å². The molecule has 0 aromatic rings. The average molecular weight is 359 g/mol. The van der Waals surface area contributed by atoms with Crippen LogP contribution in [-0.2, 0) is 8.85 Å². The molecular weight excluding hydrogens is 328 g/mol. The van der Waals surface area contributed by atoms with Crippen molar-refractivity contribution in [3.05, 3.63) is 0 Å². The highest BCUT2D eigenvalue weighted by Crippen LogP contribution is 2.24. The third-order valence-corrected chi connectivity index (χ3v) is 9.91. The number of hydrogen-bond donors (Lipinski definition) is 2. The van der Waals surface area contributed by atoms with Crippen molar-refractivity contribution in [3.63, 3.8) is 0 Å². The maximum absolute atomic E-state index is 9.15. The number of hydrogen-bond acceptors (Lipinski definition) is 6. The van der Waals surface area contributed by atoms with E-state index in [1.54, 1.807) is 0 Å². The van der Waals surface area contributed by atoms with Gasteiger partial charge in [-0.05, 0) is 38.8 Å². The molecule has 0 bridgehead atoms. The number of aliphatic hydroxyl groups is 2. The van der Waals surface area contributed by atoms with E-state index in [2.05, 4.69) is 0 Å². The Hall–Kier alpha value is 0.974. The zero-order valence-electron chi connectivity index (χ0n) is 12.8. The van der Waals surface area contributed by atoms with Gasteiger partial charge in [0.25, 0.3) is 0 Å². The summed E-state index contributed by atoms with van der Waals surface area (Å²) in [7, 11) is 1.20. The summed E-state index contributed by atoms with van der Waals surface area (Å²) in [6.07, 6.45) is 2.80. The predicted molar refractivity (Wildman–Crippen MR) is 95.5 cm³/mol. The van der Waals surface area contributed by atoms with Gasteiger partial charge >= 0.3 is 0 Å². The van der Waals surface area contributed by atoms with Gasteiger partial charge in [-0.3, -0.25) is 0 Å². The molecular formula is C12H30O4S2Si2. The van der Waals surface area contributed by atoms with Crippen molar-refractivity contribution in [1.29, 1.82) is 0 Å². The van der Waals surface area contributed by atoms with Crippen LogP contribution in [0.3, 0.4) is 0 Å². The molecule has 0 aromatic heterocycles. The largest absolute Gasteiger partial charge is 0.418 e. The van der Waals surface area contributed by atoms with E-state index in [4.69, 9.17) is 19.1 Å². The van der Waals surface area contributed by atoms with Gasteiger partial charge in [-0.15, -0.1) is 0 Å². The van der Waals surface area contributed by atoms with Gasteiger partial charge in [0, 0.05) is 24.7 Å². The Labute approximate surface area is 134 Å². The van der Waals surface area contributed by atoms with Gasteiger partial charge in [0.15, 0.2) is 0 Å². The SMILES string of the molecule is CCO[SiH](CO)CCCSSCCC[SiH](CO)OCC. The van der Waals surface area contributed by atoms with Crippen molar-refractivity contribution in [3.8, 4) is 0 Å². The summed E-state index contributed by atoms with van der Waals surface area (Å²) in [6, 6.07) is 2.14. The molecule has 2 unspecified atom stereocenters. The van der Waals surface area contributed by atoms with Crippen molar-refractivity contribution < 1.29 is 19.1 Å². The molecule has 0 fully saturated rings. The van der Waals surface area contributed by atoms with E-state index in [1.165, 1.54) is 0 Å². The second kappa shape index (κ2) is 16.3. The molecule has 8 heteroatoms. The smallest absolute Gasteiger partial charge is 0.201 e. The van der Waals surface area contributed by atoms with Gasteiger partial charge in [0.1, 0.15) is 0 Å². The first-order chi connectivity index (χ1) is 9.78. The lowest BCUT2D eigenvalue weighted by molar-refractivity contribution is 0.286. The monoisotopic (exact) mass is 358 g/mol. The Morgan fingerprint density at radius 1 is 0.800 bits per heavy atom. The maximum atomic E-state index is 9.15. The summed E-state index contributed by atoms with van der Waals surface area (Å²) < 4.78 is 11.1. The summed E-state index contributed by atoms with van der Waals surface area (Å²) >= 11 is 0. The molecule has 2 atom stereocenters. The second-order valence-corrected chi connectivity index (χ2v) is 12.2. The minimum Gasteiger partial charge on any atom is -0.418 e. The topological polar surface area (TPSA) is 58.9 Å². The van der Waals surface area contributed by atoms with E-state index in [0.717, 1.165) is 49.6 Å². The molecule has 4 nitrogen and oxygen atoms in total. The van der Waals surface area contributed by atoms with Crippen LogP contribution in [0.25, 0.3) is 0 Å². The maximum Gasteiger partial charge on any atom is 0.201 e. The third-order valence-electron chi connectivity index (χ3n) is 2.80.